The van der Waals surface area contributed by atoms with Gasteiger partial charge in [0.1, 0.15) is 11.0 Å². The van der Waals surface area contributed by atoms with Crippen LogP contribution in [0.5, 0.6) is 5.75 Å². The van der Waals surface area contributed by atoms with Crippen LogP contribution in [0.4, 0.5) is 0 Å². The Labute approximate surface area is 113 Å². The zero-order chi connectivity index (χ0) is 13.8. The van der Waals surface area contributed by atoms with Crippen molar-refractivity contribution in [3.63, 3.8) is 0 Å². The van der Waals surface area contributed by atoms with E-state index >= 15 is 0 Å². The topological polar surface area (TPSA) is 55.4 Å². The molecule has 1 N–H and O–H groups in total. The molecule has 0 aromatic heterocycles. The van der Waals surface area contributed by atoms with Crippen LogP contribution in [-0.4, -0.2) is 19.7 Å². The second-order valence-electron chi connectivity index (χ2n) is 4.30. The minimum Gasteiger partial charge on any atom is -0.491 e. The van der Waals surface area contributed by atoms with E-state index in [1.807, 2.05) is 38.1 Å². The summed E-state index contributed by atoms with van der Waals surface area (Å²) in [6.07, 6.45) is 0.114. The maximum absolute atomic E-state index is 11.3. The highest BCUT2D eigenvalue weighted by molar-refractivity contribution is 7.90. The predicted molar refractivity (Wildman–Crippen MR) is 73.4 cm³/mol. The van der Waals surface area contributed by atoms with Crippen LogP contribution in [0.3, 0.4) is 0 Å². The van der Waals surface area contributed by atoms with Gasteiger partial charge in [-0.1, -0.05) is 12.1 Å². The van der Waals surface area contributed by atoms with Gasteiger partial charge in [-0.15, -0.1) is 11.6 Å². The van der Waals surface area contributed by atoms with Gasteiger partial charge in [0, 0.05) is 6.04 Å². The number of hydrogen-bond acceptors (Lipinski definition) is 3. The van der Waals surface area contributed by atoms with Crippen molar-refractivity contribution in [2.24, 2.45) is 0 Å². The van der Waals surface area contributed by atoms with E-state index in [1.165, 1.54) is 0 Å². The van der Waals surface area contributed by atoms with Crippen molar-refractivity contribution >= 4 is 21.6 Å². The first-order valence-corrected chi connectivity index (χ1v) is 7.85. The van der Waals surface area contributed by atoms with E-state index in [0.29, 0.717) is 0 Å². The van der Waals surface area contributed by atoms with Gasteiger partial charge in [0.15, 0.2) is 0 Å². The van der Waals surface area contributed by atoms with Crippen LogP contribution < -0.4 is 9.46 Å². The molecule has 18 heavy (non-hydrogen) atoms. The summed E-state index contributed by atoms with van der Waals surface area (Å²) in [5.74, 6) is 0.765. The van der Waals surface area contributed by atoms with E-state index in [9.17, 15) is 8.42 Å². The molecule has 1 atom stereocenters. The molecule has 0 bridgehead atoms. The van der Waals surface area contributed by atoms with Gasteiger partial charge in [0.25, 0.3) is 0 Å². The van der Waals surface area contributed by atoms with Crippen LogP contribution in [-0.2, 0) is 10.0 Å². The zero-order valence-electron chi connectivity index (χ0n) is 10.7. The molecule has 0 saturated carbocycles. The lowest BCUT2D eigenvalue weighted by Gasteiger charge is -2.15. The molecule has 1 unspecified atom stereocenters. The van der Waals surface area contributed by atoms with Gasteiger partial charge < -0.3 is 4.74 Å². The van der Waals surface area contributed by atoms with Crippen molar-refractivity contribution in [2.45, 2.75) is 32.9 Å². The fraction of sp³-hybridized carbons (Fsp3) is 0.500. The Morgan fingerprint density at radius 2 is 1.78 bits per heavy atom. The minimum atomic E-state index is -3.41. The number of alkyl halides is 1. The quantitative estimate of drug-likeness (QED) is 0.820. The highest BCUT2D eigenvalue weighted by Gasteiger charge is 2.14. The largest absolute Gasteiger partial charge is 0.491 e. The predicted octanol–water partition coefficient (Wildman–Crippen LogP) is 2.65. The molecule has 0 aliphatic heterocycles. The van der Waals surface area contributed by atoms with Crippen molar-refractivity contribution in [3.05, 3.63) is 29.8 Å². The zero-order valence-corrected chi connectivity index (χ0v) is 12.3. The molecule has 0 heterocycles. The average Bonchev–Trinajstić information content (AvgIpc) is 2.28. The molecule has 0 aliphatic carbocycles. The Morgan fingerprint density at radius 1 is 1.22 bits per heavy atom. The molecule has 0 fully saturated rings. The van der Waals surface area contributed by atoms with Gasteiger partial charge in [0.05, 0.1) is 6.10 Å². The molecular formula is C12H18ClNO3S. The molecular weight excluding hydrogens is 274 g/mol. The summed E-state index contributed by atoms with van der Waals surface area (Å²) in [5, 5.41) is -0.439. The van der Waals surface area contributed by atoms with Crippen LogP contribution in [0.2, 0.25) is 0 Å². The van der Waals surface area contributed by atoms with Gasteiger partial charge in [-0.2, -0.15) is 0 Å². The summed E-state index contributed by atoms with van der Waals surface area (Å²) in [4.78, 5) is 0. The molecule has 1 rings (SSSR count). The van der Waals surface area contributed by atoms with Crippen molar-refractivity contribution < 1.29 is 13.2 Å². The van der Waals surface area contributed by atoms with Gasteiger partial charge in [0.2, 0.25) is 10.0 Å². The van der Waals surface area contributed by atoms with E-state index in [-0.39, 0.29) is 12.1 Å². The molecule has 4 nitrogen and oxygen atoms in total. The highest BCUT2D eigenvalue weighted by Crippen LogP contribution is 2.19. The van der Waals surface area contributed by atoms with Crippen molar-refractivity contribution in [1.82, 2.24) is 4.72 Å². The third-order valence-corrected chi connectivity index (χ3v) is 4.11. The summed E-state index contributed by atoms with van der Waals surface area (Å²) >= 11 is 5.34. The average molecular weight is 292 g/mol. The van der Waals surface area contributed by atoms with Gasteiger partial charge in [-0.05, 0) is 38.5 Å². The van der Waals surface area contributed by atoms with E-state index in [0.717, 1.165) is 11.3 Å². The smallest absolute Gasteiger partial charge is 0.226 e. The van der Waals surface area contributed by atoms with Crippen LogP contribution in [0, 0.1) is 0 Å². The monoisotopic (exact) mass is 291 g/mol. The second-order valence-corrected chi connectivity index (χ2v) is 6.64. The number of sulfonamides is 1. The summed E-state index contributed by atoms with van der Waals surface area (Å²) in [6.45, 7) is 5.67. The Bertz CT molecular complexity index is 471. The molecule has 0 saturated heterocycles. The summed E-state index contributed by atoms with van der Waals surface area (Å²) in [7, 11) is -3.41. The van der Waals surface area contributed by atoms with E-state index in [1.54, 1.807) is 6.92 Å². The molecule has 0 radical (unpaired) electrons. The highest BCUT2D eigenvalue weighted by atomic mass is 35.5. The van der Waals surface area contributed by atoms with E-state index in [4.69, 9.17) is 16.3 Å². The van der Waals surface area contributed by atoms with Crippen molar-refractivity contribution in [2.75, 3.05) is 5.21 Å². The van der Waals surface area contributed by atoms with Crippen LogP contribution in [0.1, 0.15) is 32.4 Å². The lowest BCUT2D eigenvalue weighted by Crippen LogP contribution is -2.27. The minimum absolute atomic E-state index is 0.114. The Morgan fingerprint density at radius 3 is 2.22 bits per heavy atom. The van der Waals surface area contributed by atoms with Crippen LogP contribution in [0.25, 0.3) is 0 Å². The SMILES string of the molecule is CC(C)Oc1ccc(C(C)NS(=O)(=O)CCl)cc1. The standard InChI is InChI=1S/C12H18ClNO3S/c1-9(2)17-12-6-4-11(5-7-12)10(3)14-18(15,16)8-13/h4-7,9-10,14H,8H2,1-3H3. The molecule has 1 aromatic carbocycles. The lowest BCUT2D eigenvalue weighted by molar-refractivity contribution is 0.242. The van der Waals surface area contributed by atoms with Crippen molar-refractivity contribution in [3.8, 4) is 5.75 Å². The second kappa shape index (κ2) is 6.41. The number of ether oxygens (including phenoxy) is 1. The third-order valence-electron chi connectivity index (χ3n) is 2.25. The first-order chi connectivity index (χ1) is 8.34. The molecule has 6 heteroatoms. The molecule has 1 aromatic rings. The van der Waals surface area contributed by atoms with E-state index in [2.05, 4.69) is 4.72 Å². The molecule has 102 valence electrons. The fourth-order valence-corrected chi connectivity index (χ4v) is 2.40. The fourth-order valence-electron chi connectivity index (χ4n) is 1.48. The molecule has 0 spiro atoms. The number of benzene rings is 1. The lowest BCUT2D eigenvalue weighted by atomic mass is 10.1. The van der Waals surface area contributed by atoms with Crippen molar-refractivity contribution in [1.29, 1.82) is 0 Å². The van der Waals surface area contributed by atoms with Crippen LogP contribution >= 0.6 is 11.6 Å². The third kappa shape index (κ3) is 4.84. The summed E-state index contributed by atoms with van der Waals surface area (Å²) < 4.78 is 30.6. The normalized spacial score (nSPS) is 13.6. The Kier molecular flexibility index (Phi) is 5.44. The number of nitrogens with one attached hydrogen (secondary N) is 1. The van der Waals surface area contributed by atoms with Gasteiger partial charge in [-0.25, -0.2) is 13.1 Å². The maximum atomic E-state index is 11.3. The van der Waals surface area contributed by atoms with Crippen LogP contribution in [0.15, 0.2) is 24.3 Å². The maximum Gasteiger partial charge on any atom is 0.226 e. The number of rotatable bonds is 6. The first kappa shape index (κ1) is 15.3. The number of hydrogen-bond donors (Lipinski definition) is 1. The molecule has 0 aliphatic rings. The van der Waals surface area contributed by atoms with E-state index < -0.39 is 15.2 Å². The molecule has 0 amide bonds. The number of halogens is 1. The summed E-state index contributed by atoms with van der Waals surface area (Å²) in [6, 6.07) is 6.99. The summed E-state index contributed by atoms with van der Waals surface area (Å²) in [5.41, 5.74) is 0.861. The Hall–Kier alpha value is -0.780. The van der Waals surface area contributed by atoms with Gasteiger partial charge in [-0.3, -0.25) is 0 Å². The van der Waals surface area contributed by atoms with Gasteiger partial charge >= 0.3 is 0 Å². The first-order valence-electron chi connectivity index (χ1n) is 5.66. The Balaban J connectivity index is 2.73.